The van der Waals surface area contributed by atoms with Crippen molar-refractivity contribution < 1.29 is 13.2 Å². The Kier molecular flexibility index (Phi) is 2.93. The topological polar surface area (TPSA) is 91.9 Å². The fraction of sp³-hybridized carbons (Fsp3) is 0.692. The minimum absolute atomic E-state index is 0.0353. The number of amides is 1. The van der Waals surface area contributed by atoms with Crippen molar-refractivity contribution in [1.29, 1.82) is 0 Å². The Bertz CT molecular complexity index is 660. The van der Waals surface area contributed by atoms with Gasteiger partial charge in [0.2, 0.25) is 0 Å². The molecule has 2 aliphatic heterocycles. The highest BCUT2D eigenvalue weighted by atomic mass is 32.2. The van der Waals surface area contributed by atoms with E-state index in [1.54, 1.807) is 0 Å². The Morgan fingerprint density at radius 1 is 1.35 bits per heavy atom. The second-order valence-electron chi connectivity index (χ2n) is 6.57. The molecule has 1 aromatic rings. The summed E-state index contributed by atoms with van der Waals surface area (Å²) < 4.78 is 23.1. The van der Waals surface area contributed by atoms with Gasteiger partial charge in [-0.05, 0) is 18.3 Å². The summed E-state index contributed by atoms with van der Waals surface area (Å²) in [4.78, 5) is 19.6. The zero-order valence-corrected chi connectivity index (χ0v) is 12.5. The average Bonchev–Trinajstić information content (AvgIpc) is 2.87. The number of aromatic nitrogens is 2. The number of hydrogen-bond acceptors (Lipinski definition) is 4. The average molecular weight is 297 g/mol. The summed E-state index contributed by atoms with van der Waals surface area (Å²) in [5, 5.41) is 2.87. The molecule has 0 spiro atoms. The Morgan fingerprint density at radius 3 is 2.75 bits per heavy atom. The van der Waals surface area contributed by atoms with Crippen LogP contribution in [0.4, 0.5) is 0 Å². The van der Waals surface area contributed by atoms with Crippen LogP contribution < -0.4 is 5.32 Å². The van der Waals surface area contributed by atoms with Crippen molar-refractivity contribution in [3.8, 4) is 0 Å². The lowest BCUT2D eigenvalue weighted by atomic mass is 9.88. The first kappa shape index (κ1) is 13.6. The summed E-state index contributed by atoms with van der Waals surface area (Å²) in [7, 11) is -2.95. The van der Waals surface area contributed by atoms with Gasteiger partial charge in [-0.3, -0.25) is 4.79 Å². The van der Waals surface area contributed by atoms with Gasteiger partial charge in [-0.1, -0.05) is 13.8 Å². The molecule has 0 saturated carbocycles. The zero-order valence-electron chi connectivity index (χ0n) is 11.7. The molecular weight excluding hydrogens is 278 g/mol. The maximum Gasteiger partial charge on any atom is 0.271 e. The second kappa shape index (κ2) is 4.31. The first-order valence-corrected chi connectivity index (χ1v) is 8.65. The number of aromatic amines is 1. The number of carbonyl (C=O) groups excluding carboxylic acids is 1. The lowest BCUT2D eigenvalue weighted by molar-refractivity contribution is 0.0940. The molecule has 7 heteroatoms. The highest BCUT2D eigenvalue weighted by Crippen LogP contribution is 2.30. The lowest BCUT2D eigenvalue weighted by Crippen LogP contribution is -2.32. The summed E-state index contributed by atoms with van der Waals surface area (Å²) >= 11 is 0. The number of hydrogen-bond donors (Lipinski definition) is 2. The molecule has 0 aromatic carbocycles. The molecule has 1 saturated heterocycles. The summed E-state index contributed by atoms with van der Waals surface area (Å²) in [6, 6.07) is 0. The number of nitrogens with one attached hydrogen (secondary N) is 2. The van der Waals surface area contributed by atoms with Gasteiger partial charge in [-0.2, -0.15) is 0 Å². The summed E-state index contributed by atoms with van der Waals surface area (Å²) in [6.45, 7) is 4.79. The second-order valence-corrected chi connectivity index (χ2v) is 8.80. The molecule has 3 heterocycles. The van der Waals surface area contributed by atoms with Gasteiger partial charge in [0.25, 0.3) is 5.91 Å². The number of sulfone groups is 1. The minimum Gasteiger partial charge on any atom is -0.350 e. The molecule has 6 nitrogen and oxygen atoms in total. The molecule has 110 valence electrons. The molecule has 2 N–H and O–H groups in total. The van der Waals surface area contributed by atoms with Crippen LogP contribution >= 0.6 is 0 Å². The van der Waals surface area contributed by atoms with E-state index >= 15 is 0 Å². The molecule has 1 atom stereocenters. The molecule has 0 unspecified atom stereocenters. The summed E-state index contributed by atoms with van der Waals surface area (Å²) in [6.07, 6.45) is 1.31. The number of H-pyrrole nitrogens is 1. The zero-order chi connectivity index (χ0) is 14.5. The van der Waals surface area contributed by atoms with Crippen LogP contribution in [0.25, 0.3) is 0 Å². The van der Waals surface area contributed by atoms with Crippen molar-refractivity contribution in [2.24, 2.45) is 5.41 Å². The number of imidazole rings is 1. The molecule has 1 aromatic heterocycles. The molecule has 1 amide bonds. The molecule has 20 heavy (non-hydrogen) atoms. The van der Waals surface area contributed by atoms with Crippen LogP contribution in [0.3, 0.4) is 0 Å². The quantitative estimate of drug-likeness (QED) is 0.795. The van der Waals surface area contributed by atoms with E-state index in [4.69, 9.17) is 0 Å². The number of carbonyl (C=O) groups is 1. The van der Waals surface area contributed by atoms with Crippen molar-refractivity contribution in [1.82, 2.24) is 15.3 Å². The predicted octanol–water partition coefficient (Wildman–Crippen LogP) is 0.624. The maximum absolute atomic E-state index is 12.0. The van der Waals surface area contributed by atoms with Crippen molar-refractivity contribution >= 4 is 15.7 Å². The van der Waals surface area contributed by atoms with Crippen molar-refractivity contribution in [3.05, 3.63) is 17.2 Å². The van der Waals surface area contributed by atoms with Crippen molar-refractivity contribution in [2.45, 2.75) is 32.6 Å². The smallest absolute Gasteiger partial charge is 0.271 e. The van der Waals surface area contributed by atoms with E-state index in [1.807, 2.05) is 0 Å². The van der Waals surface area contributed by atoms with Crippen LogP contribution in [0.15, 0.2) is 0 Å². The van der Waals surface area contributed by atoms with E-state index < -0.39 is 9.84 Å². The molecule has 0 bridgehead atoms. The molecule has 2 aliphatic rings. The minimum atomic E-state index is -2.95. The standard InChI is InChI=1S/C13H19N3O3S/c1-13(2)5-9-10(12(17)14-7-13)16-11(15-9)8-3-4-20(18,19)6-8/h8H,3-7H2,1-2H3,(H,14,17)(H,15,16)/t8-/m1/s1. The first-order chi connectivity index (χ1) is 9.26. The SMILES string of the molecule is CC1(C)CNC(=O)c2nc([C@@H]3CCS(=O)(=O)C3)[nH]c2C1. The van der Waals surface area contributed by atoms with Gasteiger partial charge in [-0.25, -0.2) is 13.4 Å². The highest BCUT2D eigenvalue weighted by molar-refractivity contribution is 7.91. The van der Waals surface area contributed by atoms with Gasteiger partial charge >= 0.3 is 0 Å². The Labute approximate surface area is 118 Å². The van der Waals surface area contributed by atoms with E-state index in [0.717, 1.165) is 12.1 Å². The Balaban J connectivity index is 1.94. The van der Waals surface area contributed by atoms with Gasteiger partial charge in [0.05, 0.1) is 11.5 Å². The van der Waals surface area contributed by atoms with E-state index in [9.17, 15) is 13.2 Å². The third-order valence-corrected chi connectivity index (χ3v) is 5.78. The normalized spacial score (nSPS) is 27.7. The molecule has 0 radical (unpaired) electrons. The molecule has 1 fully saturated rings. The monoisotopic (exact) mass is 297 g/mol. The van der Waals surface area contributed by atoms with E-state index in [1.165, 1.54) is 0 Å². The van der Waals surface area contributed by atoms with Crippen LogP contribution in [0.2, 0.25) is 0 Å². The Hall–Kier alpha value is -1.37. The summed E-state index contributed by atoms with van der Waals surface area (Å²) in [5.74, 6) is 0.700. The molecular formula is C13H19N3O3S. The van der Waals surface area contributed by atoms with Gasteiger partial charge in [0.1, 0.15) is 11.5 Å². The van der Waals surface area contributed by atoms with E-state index in [2.05, 4.69) is 29.1 Å². The van der Waals surface area contributed by atoms with Crippen molar-refractivity contribution in [3.63, 3.8) is 0 Å². The van der Waals surface area contributed by atoms with Crippen LogP contribution in [0.1, 0.15) is 48.2 Å². The fourth-order valence-electron chi connectivity index (χ4n) is 2.89. The van der Waals surface area contributed by atoms with E-state index in [-0.39, 0.29) is 28.7 Å². The fourth-order valence-corrected chi connectivity index (χ4v) is 4.64. The highest BCUT2D eigenvalue weighted by Gasteiger charge is 2.34. The van der Waals surface area contributed by atoms with Gasteiger partial charge < -0.3 is 10.3 Å². The molecule has 0 aliphatic carbocycles. The van der Waals surface area contributed by atoms with Gasteiger partial charge in [0.15, 0.2) is 9.84 Å². The lowest BCUT2D eigenvalue weighted by Gasteiger charge is -2.21. The largest absolute Gasteiger partial charge is 0.350 e. The van der Waals surface area contributed by atoms with Crippen LogP contribution in [-0.4, -0.2) is 42.3 Å². The predicted molar refractivity (Wildman–Crippen MR) is 74.4 cm³/mol. The van der Waals surface area contributed by atoms with Crippen molar-refractivity contribution in [2.75, 3.05) is 18.1 Å². The maximum atomic E-state index is 12.0. The third kappa shape index (κ3) is 2.46. The van der Waals surface area contributed by atoms with Crippen LogP contribution in [0.5, 0.6) is 0 Å². The molecule has 3 rings (SSSR count). The van der Waals surface area contributed by atoms with E-state index in [0.29, 0.717) is 24.5 Å². The van der Waals surface area contributed by atoms with Gasteiger partial charge in [0, 0.05) is 18.2 Å². The summed E-state index contributed by atoms with van der Waals surface area (Å²) in [5.41, 5.74) is 1.21. The van der Waals surface area contributed by atoms with Crippen LogP contribution in [-0.2, 0) is 16.3 Å². The number of rotatable bonds is 1. The Morgan fingerprint density at radius 2 is 2.10 bits per heavy atom. The first-order valence-electron chi connectivity index (χ1n) is 6.83. The number of fused-ring (bicyclic) bond motifs is 1. The van der Waals surface area contributed by atoms with Gasteiger partial charge in [-0.15, -0.1) is 0 Å². The van der Waals surface area contributed by atoms with Crippen LogP contribution in [0, 0.1) is 5.41 Å². The number of nitrogens with zero attached hydrogens (tertiary/aromatic N) is 1. The third-order valence-electron chi connectivity index (χ3n) is 4.01.